The number of carbonyl (C=O) groups excluding carboxylic acids is 2. The lowest BCUT2D eigenvalue weighted by Crippen LogP contribution is -2.54. The van der Waals surface area contributed by atoms with Crippen LogP contribution in [0.4, 0.5) is 11.4 Å². The van der Waals surface area contributed by atoms with Crippen LogP contribution in [0.25, 0.3) is 0 Å². The summed E-state index contributed by atoms with van der Waals surface area (Å²) in [5.74, 6) is -1.93. The number of hydrogen-bond acceptors (Lipinski definition) is 4. The lowest BCUT2D eigenvalue weighted by molar-refractivity contribution is -0.123. The Kier molecular flexibility index (Phi) is 4.72. The van der Waals surface area contributed by atoms with E-state index in [1.165, 1.54) is 9.80 Å². The molecule has 3 aromatic carbocycles. The molecule has 0 radical (unpaired) electrons. The molecule has 0 N–H and O–H groups in total. The number of benzene rings is 3. The molecule has 0 aromatic heterocycles. The molecule has 0 bridgehead atoms. The normalized spacial score (nSPS) is 21.2. The second kappa shape index (κ2) is 7.28. The summed E-state index contributed by atoms with van der Waals surface area (Å²) in [7, 11) is -4.16. The number of sulfone groups is 1. The second-order valence-electron chi connectivity index (χ2n) is 8.81. The van der Waals surface area contributed by atoms with Crippen molar-refractivity contribution in [1.29, 1.82) is 0 Å². The number of carbonyl (C=O) groups is 2. The molecule has 7 heteroatoms. The van der Waals surface area contributed by atoms with Gasteiger partial charge in [0.25, 0.3) is 10.8 Å². The number of aryl methyl sites for hydroxylation is 3. The molecule has 0 saturated carbocycles. The van der Waals surface area contributed by atoms with Gasteiger partial charge in [-0.2, -0.15) is 0 Å². The molecule has 1 fully saturated rings. The standard InChI is InChI=1S/C26H24N2O4S/c1-17-9-12-21(13-10-17)28-24(29)16-33(31,32)26(28)22-6-4-5-7-23(22)27(25(26)30)15-20-14-18(2)8-11-19(20)3/h4-14H,15-16H2,1-3H3/t26-/m1/s1. The minimum absolute atomic E-state index is 0.219. The van der Waals surface area contributed by atoms with Crippen molar-refractivity contribution in [2.24, 2.45) is 0 Å². The Hall–Kier alpha value is -3.45. The number of hydrogen-bond donors (Lipinski definition) is 0. The Balaban J connectivity index is 1.74. The molecule has 1 saturated heterocycles. The third kappa shape index (κ3) is 2.95. The van der Waals surface area contributed by atoms with Crippen LogP contribution in [0.15, 0.2) is 66.7 Å². The predicted molar refractivity (Wildman–Crippen MR) is 128 cm³/mol. The Morgan fingerprint density at radius 1 is 0.879 bits per heavy atom. The van der Waals surface area contributed by atoms with Crippen LogP contribution in [0.3, 0.4) is 0 Å². The van der Waals surface area contributed by atoms with Gasteiger partial charge in [0.05, 0.1) is 12.2 Å². The van der Waals surface area contributed by atoms with Crippen molar-refractivity contribution < 1.29 is 18.0 Å². The molecule has 0 aliphatic carbocycles. The van der Waals surface area contributed by atoms with Gasteiger partial charge < -0.3 is 4.90 Å². The van der Waals surface area contributed by atoms with E-state index >= 15 is 0 Å². The van der Waals surface area contributed by atoms with E-state index in [9.17, 15) is 18.0 Å². The van der Waals surface area contributed by atoms with Crippen LogP contribution in [-0.4, -0.2) is 26.0 Å². The van der Waals surface area contributed by atoms with Crippen LogP contribution < -0.4 is 9.80 Å². The van der Waals surface area contributed by atoms with Crippen molar-refractivity contribution in [1.82, 2.24) is 0 Å². The monoisotopic (exact) mass is 460 g/mol. The van der Waals surface area contributed by atoms with Gasteiger partial charge in [0.2, 0.25) is 5.91 Å². The third-order valence-corrected chi connectivity index (χ3v) is 8.65. The highest BCUT2D eigenvalue weighted by Crippen LogP contribution is 2.52. The molecular formula is C26H24N2O4S. The molecule has 5 rings (SSSR count). The summed E-state index contributed by atoms with van der Waals surface area (Å²) in [6.07, 6.45) is 0. The molecule has 2 aliphatic rings. The van der Waals surface area contributed by atoms with Crippen LogP contribution in [0.5, 0.6) is 0 Å². The fraction of sp³-hybridized carbons (Fsp3) is 0.231. The summed E-state index contributed by atoms with van der Waals surface area (Å²) in [6, 6.07) is 19.9. The Bertz CT molecular complexity index is 1410. The van der Waals surface area contributed by atoms with Crippen molar-refractivity contribution in [3.8, 4) is 0 Å². The molecule has 3 aromatic rings. The number of fused-ring (bicyclic) bond motifs is 2. The van der Waals surface area contributed by atoms with Crippen LogP contribution in [-0.2, 0) is 30.8 Å². The molecule has 1 atom stereocenters. The average Bonchev–Trinajstić information content (AvgIpc) is 3.14. The Labute approximate surface area is 193 Å². The van der Waals surface area contributed by atoms with Gasteiger partial charge in [0.15, 0.2) is 9.84 Å². The zero-order valence-corrected chi connectivity index (χ0v) is 19.5. The van der Waals surface area contributed by atoms with Gasteiger partial charge in [-0.1, -0.05) is 59.7 Å². The largest absolute Gasteiger partial charge is 0.304 e. The fourth-order valence-corrected chi connectivity index (χ4v) is 6.92. The first-order valence-electron chi connectivity index (χ1n) is 10.8. The van der Waals surface area contributed by atoms with E-state index in [2.05, 4.69) is 0 Å². The van der Waals surface area contributed by atoms with Crippen molar-refractivity contribution in [3.63, 3.8) is 0 Å². The van der Waals surface area contributed by atoms with E-state index in [-0.39, 0.29) is 6.54 Å². The van der Waals surface area contributed by atoms with Gasteiger partial charge in [-0.25, -0.2) is 8.42 Å². The summed E-state index contributed by atoms with van der Waals surface area (Å²) in [4.78, 5) is 27.9. The molecule has 2 heterocycles. The van der Waals surface area contributed by atoms with E-state index in [4.69, 9.17) is 0 Å². The zero-order valence-electron chi connectivity index (χ0n) is 18.7. The first-order chi connectivity index (χ1) is 15.7. The summed E-state index contributed by atoms with van der Waals surface area (Å²) < 4.78 is 27.3. The van der Waals surface area contributed by atoms with E-state index in [1.807, 2.05) is 39.0 Å². The van der Waals surface area contributed by atoms with Crippen molar-refractivity contribution >= 4 is 33.0 Å². The minimum Gasteiger partial charge on any atom is -0.304 e. The Morgan fingerprint density at radius 2 is 1.55 bits per heavy atom. The topological polar surface area (TPSA) is 74.8 Å². The van der Waals surface area contributed by atoms with E-state index in [0.29, 0.717) is 16.9 Å². The first-order valence-corrected chi connectivity index (χ1v) is 12.4. The molecule has 0 unspecified atom stereocenters. The van der Waals surface area contributed by atoms with E-state index in [1.54, 1.807) is 48.5 Å². The highest BCUT2D eigenvalue weighted by atomic mass is 32.2. The molecular weight excluding hydrogens is 436 g/mol. The number of amides is 2. The van der Waals surface area contributed by atoms with Gasteiger partial charge in [0.1, 0.15) is 5.75 Å². The van der Waals surface area contributed by atoms with Crippen LogP contribution in [0.2, 0.25) is 0 Å². The maximum absolute atomic E-state index is 14.2. The molecule has 33 heavy (non-hydrogen) atoms. The second-order valence-corrected chi connectivity index (χ2v) is 10.9. The number of para-hydroxylation sites is 1. The highest BCUT2D eigenvalue weighted by molar-refractivity contribution is 7.94. The van der Waals surface area contributed by atoms with Crippen LogP contribution >= 0.6 is 0 Å². The molecule has 6 nitrogen and oxygen atoms in total. The maximum atomic E-state index is 14.2. The number of rotatable bonds is 3. The molecule has 168 valence electrons. The fourth-order valence-electron chi connectivity index (χ4n) is 4.88. The SMILES string of the molecule is Cc1ccc(N2C(=O)CS(=O)(=O)[C@]23C(=O)N(Cc2cc(C)ccc2C)c2ccccc23)cc1. The third-order valence-electron chi connectivity index (χ3n) is 6.55. The summed E-state index contributed by atoms with van der Waals surface area (Å²) in [5, 5.41) is 0. The summed E-state index contributed by atoms with van der Waals surface area (Å²) in [6.45, 7) is 6.06. The molecule has 2 amide bonds. The smallest absolute Gasteiger partial charge is 0.274 e. The molecule has 1 spiro atoms. The van der Waals surface area contributed by atoms with Crippen molar-refractivity contribution in [2.45, 2.75) is 32.2 Å². The minimum atomic E-state index is -4.16. The van der Waals surface area contributed by atoms with Gasteiger partial charge in [-0.15, -0.1) is 0 Å². The Morgan fingerprint density at radius 3 is 2.27 bits per heavy atom. The molecule has 2 aliphatic heterocycles. The zero-order chi connectivity index (χ0) is 23.5. The van der Waals surface area contributed by atoms with Gasteiger partial charge >= 0.3 is 0 Å². The van der Waals surface area contributed by atoms with Crippen LogP contribution in [0.1, 0.15) is 27.8 Å². The van der Waals surface area contributed by atoms with E-state index in [0.717, 1.165) is 22.3 Å². The van der Waals surface area contributed by atoms with Gasteiger partial charge in [-0.3, -0.25) is 14.5 Å². The highest BCUT2D eigenvalue weighted by Gasteiger charge is 2.69. The maximum Gasteiger partial charge on any atom is 0.274 e. The lowest BCUT2D eigenvalue weighted by atomic mass is 10.0. The predicted octanol–water partition coefficient (Wildman–Crippen LogP) is 3.77. The number of anilines is 2. The average molecular weight is 461 g/mol. The van der Waals surface area contributed by atoms with Crippen molar-refractivity contribution in [3.05, 3.63) is 94.5 Å². The number of nitrogens with zero attached hydrogens (tertiary/aromatic N) is 2. The van der Waals surface area contributed by atoms with Gasteiger partial charge in [0, 0.05) is 11.3 Å². The summed E-state index contributed by atoms with van der Waals surface area (Å²) >= 11 is 0. The lowest BCUT2D eigenvalue weighted by Gasteiger charge is -2.32. The van der Waals surface area contributed by atoms with Gasteiger partial charge in [-0.05, 0) is 50.1 Å². The van der Waals surface area contributed by atoms with Crippen molar-refractivity contribution in [2.75, 3.05) is 15.6 Å². The van der Waals surface area contributed by atoms with Crippen LogP contribution in [0, 0.1) is 20.8 Å². The summed E-state index contributed by atoms with van der Waals surface area (Å²) in [5.41, 5.74) is 5.19. The first kappa shape index (κ1) is 21.4. The quantitative estimate of drug-likeness (QED) is 0.596. The van der Waals surface area contributed by atoms with E-state index < -0.39 is 32.3 Å².